The number of carbonyl (C=O) groups excluding carboxylic acids is 1. The van der Waals surface area contributed by atoms with Crippen molar-refractivity contribution >= 4 is 17.4 Å². The molecule has 0 aliphatic rings. The molecular formula is C13H12ClFN2O. The lowest BCUT2D eigenvalue weighted by atomic mass is 10.1. The van der Waals surface area contributed by atoms with E-state index in [1.54, 1.807) is 12.4 Å². The average Bonchev–Trinajstić information content (AvgIpc) is 2.72. The van der Waals surface area contributed by atoms with Crippen molar-refractivity contribution in [3.8, 4) is 0 Å². The third-order valence-electron chi connectivity index (χ3n) is 2.74. The summed E-state index contributed by atoms with van der Waals surface area (Å²) >= 11 is 5.83. The van der Waals surface area contributed by atoms with E-state index in [0.29, 0.717) is 6.42 Å². The summed E-state index contributed by atoms with van der Waals surface area (Å²) in [6, 6.07) is 4.23. The molecule has 1 aromatic heterocycles. The van der Waals surface area contributed by atoms with E-state index in [-0.39, 0.29) is 22.8 Å². The zero-order valence-corrected chi connectivity index (χ0v) is 10.6. The Kier molecular flexibility index (Phi) is 3.77. The Labute approximate surface area is 109 Å². The lowest BCUT2D eigenvalue weighted by molar-refractivity contribution is 0.0978. The normalized spacial score (nSPS) is 10.6. The van der Waals surface area contributed by atoms with Gasteiger partial charge in [0.15, 0.2) is 5.78 Å². The number of aryl methyl sites for hydroxylation is 2. The number of hydrogen-bond acceptors (Lipinski definition) is 2. The van der Waals surface area contributed by atoms with Gasteiger partial charge in [0, 0.05) is 32.3 Å². The van der Waals surface area contributed by atoms with Gasteiger partial charge in [-0.25, -0.2) is 9.37 Å². The van der Waals surface area contributed by atoms with Gasteiger partial charge in [-0.15, -0.1) is 0 Å². The zero-order valence-electron chi connectivity index (χ0n) is 9.86. The predicted octanol–water partition coefficient (Wildman–Crippen LogP) is 3.03. The van der Waals surface area contributed by atoms with Crippen molar-refractivity contribution in [2.45, 2.75) is 12.8 Å². The Morgan fingerprint density at radius 2 is 2.28 bits per heavy atom. The Balaban J connectivity index is 2.11. The number of hydrogen-bond donors (Lipinski definition) is 0. The van der Waals surface area contributed by atoms with E-state index >= 15 is 0 Å². The van der Waals surface area contributed by atoms with Crippen molar-refractivity contribution in [2.75, 3.05) is 0 Å². The van der Waals surface area contributed by atoms with Crippen molar-refractivity contribution in [1.29, 1.82) is 0 Å². The Hall–Kier alpha value is -1.68. The maximum absolute atomic E-state index is 13.5. The summed E-state index contributed by atoms with van der Waals surface area (Å²) in [5, 5.41) is 0.153. The fourth-order valence-corrected chi connectivity index (χ4v) is 2.02. The smallest absolute Gasteiger partial charge is 0.167 e. The van der Waals surface area contributed by atoms with Crippen LogP contribution in [-0.4, -0.2) is 15.3 Å². The van der Waals surface area contributed by atoms with Crippen molar-refractivity contribution in [3.05, 3.63) is 52.8 Å². The monoisotopic (exact) mass is 266 g/mol. The molecule has 3 nitrogen and oxygen atoms in total. The van der Waals surface area contributed by atoms with E-state index in [1.165, 1.54) is 18.2 Å². The minimum atomic E-state index is -0.577. The first-order chi connectivity index (χ1) is 8.59. The molecule has 2 rings (SSSR count). The molecule has 0 spiro atoms. The standard InChI is InChI=1S/C13H12ClFN2O/c1-17-8-7-16-12(17)6-5-11(18)13-9(14)3-2-4-10(13)15/h2-4,7-8H,5-6H2,1H3. The van der Waals surface area contributed by atoms with Gasteiger partial charge in [0.1, 0.15) is 11.6 Å². The third-order valence-corrected chi connectivity index (χ3v) is 3.05. The van der Waals surface area contributed by atoms with Gasteiger partial charge >= 0.3 is 0 Å². The summed E-state index contributed by atoms with van der Waals surface area (Å²) in [6.07, 6.45) is 4.12. The molecule has 0 bridgehead atoms. The highest BCUT2D eigenvalue weighted by atomic mass is 35.5. The number of imidazole rings is 1. The number of halogens is 2. The van der Waals surface area contributed by atoms with Crippen LogP contribution in [0.4, 0.5) is 4.39 Å². The molecule has 0 N–H and O–H groups in total. The number of carbonyl (C=O) groups is 1. The van der Waals surface area contributed by atoms with Gasteiger partial charge in [0.25, 0.3) is 0 Å². The minimum Gasteiger partial charge on any atom is -0.338 e. The highest BCUT2D eigenvalue weighted by Gasteiger charge is 2.16. The Morgan fingerprint density at radius 1 is 1.50 bits per heavy atom. The van der Waals surface area contributed by atoms with Crippen LogP contribution in [0.3, 0.4) is 0 Å². The van der Waals surface area contributed by atoms with Crippen LogP contribution in [0.1, 0.15) is 22.6 Å². The largest absolute Gasteiger partial charge is 0.338 e. The molecule has 0 unspecified atom stereocenters. The fraction of sp³-hybridized carbons (Fsp3) is 0.231. The van der Waals surface area contributed by atoms with Gasteiger partial charge in [0.2, 0.25) is 0 Å². The molecule has 94 valence electrons. The first-order valence-corrected chi connectivity index (χ1v) is 5.91. The van der Waals surface area contributed by atoms with Crippen molar-refractivity contribution in [1.82, 2.24) is 9.55 Å². The molecule has 0 aliphatic heterocycles. The number of Topliss-reactive ketones (excluding diaryl/α,β-unsaturated/α-hetero) is 1. The molecule has 0 fully saturated rings. The van der Waals surface area contributed by atoms with Crippen molar-refractivity contribution in [3.63, 3.8) is 0 Å². The van der Waals surface area contributed by atoms with Crippen LogP contribution in [0.5, 0.6) is 0 Å². The summed E-state index contributed by atoms with van der Waals surface area (Å²) < 4.78 is 15.3. The molecule has 0 radical (unpaired) electrons. The molecular weight excluding hydrogens is 255 g/mol. The van der Waals surface area contributed by atoms with E-state index in [9.17, 15) is 9.18 Å². The molecule has 0 aliphatic carbocycles. The quantitative estimate of drug-likeness (QED) is 0.798. The van der Waals surface area contributed by atoms with Gasteiger partial charge in [-0.3, -0.25) is 4.79 Å². The Bertz CT molecular complexity index is 560. The molecule has 0 saturated heterocycles. The maximum Gasteiger partial charge on any atom is 0.167 e. The summed E-state index contributed by atoms with van der Waals surface area (Å²) in [4.78, 5) is 16.0. The molecule has 0 saturated carbocycles. The zero-order chi connectivity index (χ0) is 13.1. The van der Waals surface area contributed by atoms with Gasteiger partial charge in [0.05, 0.1) is 10.6 Å². The lowest BCUT2D eigenvalue weighted by Gasteiger charge is -2.05. The van der Waals surface area contributed by atoms with E-state index < -0.39 is 5.82 Å². The van der Waals surface area contributed by atoms with Gasteiger partial charge in [-0.1, -0.05) is 17.7 Å². The summed E-state index contributed by atoms with van der Waals surface area (Å²) in [5.74, 6) is -0.0933. The summed E-state index contributed by atoms with van der Waals surface area (Å²) in [5.41, 5.74) is -0.0339. The van der Waals surface area contributed by atoms with Gasteiger partial charge in [-0.05, 0) is 12.1 Å². The molecule has 0 amide bonds. The maximum atomic E-state index is 13.5. The Morgan fingerprint density at radius 3 is 2.89 bits per heavy atom. The van der Waals surface area contributed by atoms with Crippen molar-refractivity contribution < 1.29 is 9.18 Å². The SMILES string of the molecule is Cn1ccnc1CCC(=O)c1c(F)cccc1Cl. The fourth-order valence-electron chi connectivity index (χ4n) is 1.75. The van der Waals surface area contributed by atoms with Crippen LogP contribution < -0.4 is 0 Å². The topological polar surface area (TPSA) is 34.9 Å². The van der Waals surface area contributed by atoms with Crippen LogP contribution in [0.2, 0.25) is 5.02 Å². The third kappa shape index (κ3) is 2.59. The number of rotatable bonds is 4. The van der Waals surface area contributed by atoms with Crippen LogP contribution in [0, 0.1) is 5.82 Å². The van der Waals surface area contributed by atoms with Crippen LogP contribution >= 0.6 is 11.6 Å². The number of aromatic nitrogens is 2. The average molecular weight is 267 g/mol. The first-order valence-electron chi connectivity index (χ1n) is 5.53. The van der Waals surface area contributed by atoms with Crippen LogP contribution in [0.15, 0.2) is 30.6 Å². The van der Waals surface area contributed by atoms with Crippen LogP contribution in [0.25, 0.3) is 0 Å². The summed E-state index contributed by atoms with van der Waals surface area (Å²) in [6.45, 7) is 0. The molecule has 2 aromatic rings. The molecule has 0 atom stereocenters. The van der Waals surface area contributed by atoms with Gasteiger partial charge < -0.3 is 4.57 Å². The van der Waals surface area contributed by atoms with E-state index in [0.717, 1.165) is 5.82 Å². The first kappa shape index (κ1) is 12.8. The van der Waals surface area contributed by atoms with E-state index in [4.69, 9.17) is 11.6 Å². The molecule has 1 heterocycles. The summed E-state index contributed by atoms with van der Waals surface area (Å²) in [7, 11) is 1.85. The minimum absolute atomic E-state index is 0.0339. The van der Waals surface area contributed by atoms with Crippen LogP contribution in [-0.2, 0) is 13.5 Å². The highest BCUT2D eigenvalue weighted by molar-refractivity contribution is 6.34. The van der Waals surface area contributed by atoms with Crippen molar-refractivity contribution in [2.24, 2.45) is 7.05 Å². The molecule has 1 aromatic carbocycles. The highest BCUT2D eigenvalue weighted by Crippen LogP contribution is 2.21. The number of nitrogens with zero attached hydrogens (tertiary/aromatic N) is 2. The number of ketones is 1. The van der Waals surface area contributed by atoms with E-state index in [2.05, 4.69) is 4.98 Å². The van der Waals surface area contributed by atoms with E-state index in [1.807, 2.05) is 11.6 Å². The molecule has 5 heteroatoms. The predicted molar refractivity (Wildman–Crippen MR) is 67.3 cm³/mol. The second-order valence-electron chi connectivity index (χ2n) is 3.97. The second kappa shape index (κ2) is 5.31. The molecule has 18 heavy (non-hydrogen) atoms. The second-order valence-corrected chi connectivity index (χ2v) is 4.38. The lowest BCUT2D eigenvalue weighted by Crippen LogP contribution is -2.07. The number of benzene rings is 1. The van der Waals surface area contributed by atoms with Gasteiger partial charge in [-0.2, -0.15) is 0 Å².